The first kappa shape index (κ1) is 15.8. The Kier molecular flexibility index (Phi) is 5.46. The van der Waals surface area contributed by atoms with Crippen LogP contribution < -0.4 is 5.32 Å². The summed E-state index contributed by atoms with van der Waals surface area (Å²) in [6.45, 7) is 7.31. The van der Waals surface area contributed by atoms with Crippen LogP contribution >= 0.6 is 31.9 Å². The van der Waals surface area contributed by atoms with Crippen LogP contribution in [0, 0.1) is 0 Å². The first-order chi connectivity index (χ1) is 9.54. The Hall–Kier alpha value is -0.590. The lowest BCUT2D eigenvalue weighted by molar-refractivity contribution is 0.403. The molecule has 2 heterocycles. The predicted molar refractivity (Wildman–Crippen MR) is 86.9 cm³/mol. The Morgan fingerprint density at radius 2 is 2.10 bits per heavy atom. The smallest absolute Gasteiger partial charge is 0.169 e. The van der Waals surface area contributed by atoms with Crippen LogP contribution in [0.4, 0.5) is 0 Å². The lowest BCUT2D eigenvalue weighted by Gasteiger charge is -2.20. The number of rotatable bonds is 6. The average molecular weight is 405 g/mol. The van der Waals surface area contributed by atoms with E-state index in [4.69, 9.17) is 4.42 Å². The monoisotopic (exact) mass is 403 g/mol. The van der Waals surface area contributed by atoms with E-state index >= 15 is 0 Å². The molecule has 0 saturated carbocycles. The number of hydrogen-bond donors (Lipinski definition) is 1. The second-order valence-corrected chi connectivity index (χ2v) is 6.58. The van der Waals surface area contributed by atoms with Crippen molar-refractivity contribution in [1.82, 2.24) is 15.1 Å². The third-order valence-corrected chi connectivity index (χ3v) is 4.06. The second kappa shape index (κ2) is 6.91. The first-order valence-corrected chi connectivity index (χ1v) is 8.34. The van der Waals surface area contributed by atoms with Crippen molar-refractivity contribution < 1.29 is 4.42 Å². The summed E-state index contributed by atoms with van der Waals surface area (Å²) in [6, 6.07) is 4.18. The molecule has 0 radical (unpaired) electrons. The van der Waals surface area contributed by atoms with Crippen LogP contribution in [0.2, 0.25) is 0 Å². The van der Waals surface area contributed by atoms with E-state index in [2.05, 4.69) is 63.0 Å². The molecule has 4 nitrogen and oxygen atoms in total. The van der Waals surface area contributed by atoms with Gasteiger partial charge in [-0.3, -0.25) is 4.68 Å². The normalized spacial score (nSPS) is 13.1. The average Bonchev–Trinajstić information content (AvgIpc) is 2.98. The Morgan fingerprint density at radius 3 is 2.65 bits per heavy atom. The molecule has 0 saturated heterocycles. The lowest BCUT2D eigenvalue weighted by atomic mass is 10.1. The van der Waals surface area contributed by atoms with Gasteiger partial charge in [0.2, 0.25) is 0 Å². The fourth-order valence-electron chi connectivity index (χ4n) is 2.14. The highest BCUT2D eigenvalue weighted by Gasteiger charge is 2.25. The number of aromatic nitrogens is 2. The van der Waals surface area contributed by atoms with Crippen LogP contribution in [0.5, 0.6) is 0 Å². The minimum absolute atomic E-state index is 0.0134. The highest BCUT2D eigenvalue weighted by atomic mass is 79.9. The Morgan fingerprint density at radius 1 is 1.35 bits per heavy atom. The van der Waals surface area contributed by atoms with Crippen molar-refractivity contribution in [2.24, 2.45) is 0 Å². The number of hydrogen-bond acceptors (Lipinski definition) is 3. The quantitative estimate of drug-likeness (QED) is 0.760. The van der Waals surface area contributed by atoms with Gasteiger partial charge in [-0.15, -0.1) is 0 Å². The van der Waals surface area contributed by atoms with Crippen molar-refractivity contribution in [1.29, 1.82) is 0 Å². The van der Waals surface area contributed by atoms with Crippen LogP contribution in [0.25, 0.3) is 0 Å². The molecule has 1 atom stereocenters. The van der Waals surface area contributed by atoms with Crippen molar-refractivity contribution in [2.75, 3.05) is 6.54 Å². The minimum atomic E-state index is -0.0134. The van der Waals surface area contributed by atoms with E-state index in [-0.39, 0.29) is 6.04 Å². The van der Waals surface area contributed by atoms with E-state index in [1.807, 2.05) is 23.0 Å². The molecule has 1 unspecified atom stereocenters. The van der Waals surface area contributed by atoms with Crippen LogP contribution in [0.3, 0.4) is 0 Å². The number of nitrogens with one attached hydrogen (secondary N) is 1. The summed E-state index contributed by atoms with van der Waals surface area (Å²) in [5.41, 5.74) is 1.09. The van der Waals surface area contributed by atoms with E-state index in [9.17, 15) is 0 Å². The summed E-state index contributed by atoms with van der Waals surface area (Å²) in [4.78, 5) is 0. The predicted octanol–water partition coefficient (Wildman–Crippen LogP) is 4.67. The van der Waals surface area contributed by atoms with Crippen LogP contribution in [0.15, 0.2) is 31.9 Å². The van der Waals surface area contributed by atoms with Gasteiger partial charge in [0.05, 0.1) is 16.4 Å². The molecule has 6 heteroatoms. The molecule has 2 aromatic rings. The number of halogens is 2. The van der Waals surface area contributed by atoms with Crippen LogP contribution in [-0.2, 0) is 0 Å². The first-order valence-electron chi connectivity index (χ1n) is 6.76. The maximum absolute atomic E-state index is 5.75. The van der Waals surface area contributed by atoms with Crippen molar-refractivity contribution in [3.63, 3.8) is 0 Å². The van der Waals surface area contributed by atoms with Gasteiger partial charge < -0.3 is 9.73 Å². The maximum Gasteiger partial charge on any atom is 0.169 e. The van der Waals surface area contributed by atoms with Gasteiger partial charge in [-0.05, 0) is 70.8 Å². The van der Waals surface area contributed by atoms with E-state index in [1.54, 1.807) is 0 Å². The van der Waals surface area contributed by atoms with E-state index < -0.39 is 0 Å². The van der Waals surface area contributed by atoms with Crippen molar-refractivity contribution in [3.05, 3.63) is 38.9 Å². The molecule has 2 aromatic heterocycles. The molecule has 2 rings (SSSR count). The highest BCUT2D eigenvalue weighted by Crippen LogP contribution is 2.32. The van der Waals surface area contributed by atoms with Crippen LogP contribution in [0.1, 0.15) is 50.7 Å². The fourth-order valence-corrected chi connectivity index (χ4v) is 2.96. The van der Waals surface area contributed by atoms with E-state index in [1.165, 1.54) is 0 Å². The molecule has 0 bridgehead atoms. The maximum atomic E-state index is 5.75. The summed E-state index contributed by atoms with van der Waals surface area (Å²) in [5, 5.41) is 7.99. The molecule has 20 heavy (non-hydrogen) atoms. The van der Waals surface area contributed by atoms with E-state index in [0.717, 1.165) is 33.6 Å². The van der Waals surface area contributed by atoms with Crippen molar-refractivity contribution in [3.8, 4) is 0 Å². The Labute approximate surface area is 136 Å². The molecule has 0 spiro atoms. The minimum Gasteiger partial charge on any atom is -0.452 e. The van der Waals surface area contributed by atoms with Gasteiger partial charge in [0.25, 0.3) is 0 Å². The largest absolute Gasteiger partial charge is 0.452 e. The van der Waals surface area contributed by atoms with Crippen molar-refractivity contribution in [2.45, 2.75) is 39.3 Å². The van der Waals surface area contributed by atoms with Crippen LogP contribution in [-0.4, -0.2) is 16.3 Å². The summed E-state index contributed by atoms with van der Waals surface area (Å²) in [6.07, 6.45) is 2.90. The standard InChI is InChI=1S/C14H19Br2N3O/c1-4-7-17-13(11-5-6-12(16)20-11)14-10(15)8-18-19(14)9(2)3/h5-6,8-9,13,17H,4,7H2,1-3H3. The van der Waals surface area contributed by atoms with Gasteiger partial charge >= 0.3 is 0 Å². The molecule has 0 amide bonds. The Balaban J connectivity index is 2.43. The molecule has 0 aliphatic heterocycles. The fraction of sp³-hybridized carbons (Fsp3) is 0.500. The summed E-state index contributed by atoms with van der Waals surface area (Å²) < 4.78 is 9.50. The summed E-state index contributed by atoms with van der Waals surface area (Å²) in [7, 11) is 0. The van der Waals surface area contributed by atoms with Gasteiger partial charge in [-0.1, -0.05) is 6.92 Å². The summed E-state index contributed by atoms with van der Waals surface area (Å²) in [5.74, 6) is 0.883. The van der Waals surface area contributed by atoms with Gasteiger partial charge in [-0.2, -0.15) is 5.10 Å². The van der Waals surface area contributed by atoms with Gasteiger partial charge in [0.15, 0.2) is 4.67 Å². The lowest BCUT2D eigenvalue weighted by Crippen LogP contribution is -2.26. The number of furan rings is 1. The molecular formula is C14H19Br2N3O. The second-order valence-electron chi connectivity index (χ2n) is 4.95. The third kappa shape index (κ3) is 3.35. The molecule has 1 N–H and O–H groups in total. The molecule has 0 aromatic carbocycles. The zero-order valence-electron chi connectivity index (χ0n) is 11.9. The molecular weight excluding hydrogens is 386 g/mol. The van der Waals surface area contributed by atoms with E-state index in [0.29, 0.717) is 6.04 Å². The topological polar surface area (TPSA) is 43.0 Å². The Bertz CT molecular complexity index is 563. The van der Waals surface area contributed by atoms with Gasteiger partial charge in [0.1, 0.15) is 11.8 Å². The van der Waals surface area contributed by atoms with Gasteiger partial charge in [-0.25, -0.2) is 0 Å². The summed E-state index contributed by atoms with van der Waals surface area (Å²) >= 11 is 6.97. The zero-order valence-corrected chi connectivity index (χ0v) is 15.0. The zero-order chi connectivity index (χ0) is 14.7. The molecule has 110 valence electrons. The SMILES string of the molecule is CCCNC(c1ccc(Br)o1)c1c(Br)cnn1C(C)C. The molecule has 0 fully saturated rings. The molecule has 0 aliphatic carbocycles. The van der Waals surface area contributed by atoms with Gasteiger partial charge in [0, 0.05) is 6.04 Å². The third-order valence-electron chi connectivity index (χ3n) is 3.03. The molecule has 0 aliphatic rings. The van der Waals surface area contributed by atoms with Crippen molar-refractivity contribution >= 4 is 31.9 Å². The highest BCUT2D eigenvalue weighted by molar-refractivity contribution is 9.10. The number of nitrogens with zero attached hydrogens (tertiary/aromatic N) is 2.